The molecule has 7 heteroatoms. The molecule has 7 nitrogen and oxygen atoms in total. The van der Waals surface area contributed by atoms with Gasteiger partial charge in [-0.1, -0.05) is 6.07 Å². The molecule has 1 aliphatic rings. The molecule has 0 aromatic heterocycles. The highest BCUT2D eigenvalue weighted by atomic mass is 16.5. The van der Waals surface area contributed by atoms with E-state index in [1.165, 1.54) is 0 Å². The molecule has 0 spiro atoms. The van der Waals surface area contributed by atoms with Gasteiger partial charge in [-0.3, -0.25) is 14.9 Å². The predicted octanol–water partition coefficient (Wildman–Crippen LogP) is 2.19. The first-order valence-corrected chi connectivity index (χ1v) is 8.39. The highest BCUT2D eigenvalue weighted by molar-refractivity contribution is 5.93. The smallest absolute Gasteiger partial charge is 0.274 e. The van der Waals surface area contributed by atoms with Gasteiger partial charge in [-0.25, -0.2) is 5.48 Å². The first-order chi connectivity index (χ1) is 12.0. The molecule has 1 aromatic rings. The summed E-state index contributed by atoms with van der Waals surface area (Å²) in [5, 5.41) is 8.59. The van der Waals surface area contributed by atoms with E-state index in [-0.39, 0.29) is 6.04 Å². The number of benzene rings is 1. The second-order valence-corrected chi connectivity index (χ2v) is 5.85. The molecule has 1 atom stereocenters. The van der Waals surface area contributed by atoms with Crippen LogP contribution in [0.5, 0.6) is 5.75 Å². The van der Waals surface area contributed by atoms with E-state index >= 15 is 0 Å². The lowest BCUT2D eigenvalue weighted by atomic mass is 10.0. The molecule has 0 saturated heterocycles. The van der Waals surface area contributed by atoms with E-state index in [0.717, 1.165) is 37.8 Å². The van der Waals surface area contributed by atoms with Crippen LogP contribution in [-0.2, 0) is 9.53 Å². The van der Waals surface area contributed by atoms with E-state index in [1.807, 2.05) is 13.1 Å². The van der Waals surface area contributed by atoms with Crippen molar-refractivity contribution < 1.29 is 24.3 Å². The summed E-state index contributed by atoms with van der Waals surface area (Å²) < 4.78 is 10.4. The first kappa shape index (κ1) is 21.1. The monoisotopic (exact) mass is 352 g/mol. The van der Waals surface area contributed by atoms with Crippen LogP contribution in [0.15, 0.2) is 18.2 Å². The number of rotatable bonds is 6. The molecular formula is C18H28N2O5. The van der Waals surface area contributed by atoms with Crippen LogP contribution in [0, 0.1) is 0 Å². The fourth-order valence-electron chi connectivity index (χ4n) is 2.42. The molecule has 1 amide bonds. The lowest BCUT2D eigenvalue weighted by molar-refractivity contribution is -0.107. The number of carbonyl (C=O) groups is 2. The van der Waals surface area contributed by atoms with Gasteiger partial charge in [0.15, 0.2) is 0 Å². The predicted molar refractivity (Wildman–Crippen MR) is 94.0 cm³/mol. The summed E-state index contributed by atoms with van der Waals surface area (Å²) in [4.78, 5) is 23.2. The number of ether oxygens (including phenoxy) is 2. The largest absolute Gasteiger partial charge is 0.492 e. The Kier molecular flexibility index (Phi) is 9.76. The van der Waals surface area contributed by atoms with Gasteiger partial charge in [-0.15, -0.1) is 0 Å². The lowest BCUT2D eigenvalue weighted by Gasteiger charge is -2.21. The minimum Gasteiger partial charge on any atom is -0.492 e. The molecule has 25 heavy (non-hydrogen) atoms. The van der Waals surface area contributed by atoms with Crippen LogP contribution in [-0.4, -0.2) is 56.2 Å². The molecule has 0 bridgehead atoms. The van der Waals surface area contributed by atoms with Crippen molar-refractivity contribution in [3.63, 3.8) is 0 Å². The average molecular weight is 352 g/mol. The summed E-state index contributed by atoms with van der Waals surface area (Å²) in [6, 6.07) is 5.46. The Morgan fingerprint density at radius 2 is 2.24 bits per heavy atom. The van der Waals surface area contributed by atoms with Gasteiger partial charge in [-0.2, -0.15) is 0 Å². The molecule has 0 saturated carbocycles. The minimum atomic E-state index is -0.526. The number of fused-ring (bicyclic) bond motifs is 1. The van der Waals surface area contributed by atoms with E-state index in [1.54, 1.807) is 24.7 Å². The molecule has 2 N–H and O–H groups in total. The maximum absolute atomic E-state index is 11.3. The van der Waals surface area contributed by atoms with Crippen molar-refractivity contribution in [1.82, 2.24) is 10.4 Å². The molecular weight excluding hydrogens is 324 g/mol. The number of carbonyl (C=O) groups excluding carboxylic acids is 2. The van der Waals surface area contributed by atoms with E-state index < -0.39 is 5.91 Å². The zero-order chi connectivity index (χ0) is 18.7. The zero-order valence-electron chi connectivity index (χ0n) is 15.2. The maximum Gasteiger partial charge on any atom is 0.274 e. The van der Waals surface area contributed by atoms with Crippen molar-refractivity contribution in [3.05, 3.63) is 29.3 Å². The van der Waals surface area contributed by atoms with Crippen LogP contribution in [0.25, 0.3) is 0 Å². The van der Waals surface area contributed by atoms with Crippen LogP contribution in [0.3, 0.4) is 0 Å². The average Bonchev–Trinajstić information content (AvgIpc) is 2.77. The van der Waals surface area contributed by atoms with Crippen molar-refractivity contribution in [2.45, 2.75) is 32.2 Å². The van der Waals surface area contributed by atoms with E-state index in [2.05, 4.69) is 11.8 Å². The fraction of sp³-hybridized carbons (Fsp3) is 0.556. The number of likely N-dealkylation sites (N-methyl/N-ethyl adjacent to an activating group) is 1. The normalized spacial score (nSPS) is 16.6. The number of aldehydes is 1. The van der Waals surface area contributed by atoms with Crippen LogP contribution in [0.2, 0.25) is 0 Å². The summed E-state index contributed by atoms with van der Waals surface area (Å²) in [6.07, 6.45) is 3.56. The maximum atomic E-state index is 11.3. The summed E-state index contributed by atoms with van der Waals surface area (Å²) >= 11 is 0. The third kappa shape index (κ3) is 6.81. The number of methoxy groups -OCH3 is 1. The zero-order valence-corrected chi connectivity index (χ0v) is 15.2. The molecule has 0 radical (unpaired) electrons. The third-order valence-corrected chi connectivity index (χ3v) is 4.11. The van der Waals surface area contributed by atoms with E-state index in [0.29, 0.717) is 24.3 Å². The number of unbranched alkanes of at least 4 members (excludes halogenated alkanes) is 2. The van der Waals surface area contributed by atoms with Gasteiger partial charge in [0, 0.05) is 43.9 Å². The standard InChI is InChI=1S/C12H16N2O3.C6H12O2/c1-8-10-4-3-9(12(15)13-16)7-11(10)17-6-5-14(8)2;1-8-6-4-2-3-5-7/h3-4,7-8,16H,5-6H2,1-2H3,(H,13,15);5H,2-4,6H2,1H3. The Morgan fingerprint density at radius 3 is 2.88 bits per heavy atom. The Bertz CT molecular complexity index is 550. The number of hydrogen-bond acceptors (Lipinski definition) is 6. The van der Waals surface area contributed by atoms with Gasteiger partial charge in [-0.05, 0) is 38.9 Å². The number of hydrogen-bond donors (Lipinski definition) is 2. The van der Waals surface area contributed by atoms with Gasteiger partial charge >= 0.3 is 0 Å². The molecule has 1 heterocycles. The molecule has 0 fully saturated rings. The van der Waals surface area contributed by atoms with Gasteiger partial charge in [0.1, 0.15) is 18.6 Å². The van der Waals surface area contributed by atoms with E-state index in [4.69, 9.17) is 14.7 Å². The number of hydroxylamine groups is 1. The highest BCUT2D eigenvalue weighted by Gasteiger charge is 2.21. The number of nitrogens with zero attached hydrogens (tertiary/aromatic N) is 1. The van der Waals surface area contributed by atoms with Gasteiger partial charge < -0.3 is 14.3 Å². The highest BCUT2D eigenvalue weighted by Crippen LogP contribution is 2.31. The summed E-state index contributed by atoms with van der Waals surface area (Å²) in [5.74, 6) is 0.185. The van der Waals surface area contributed by atoms with Crippen LogP contribution in [0.4, 0.5) is 0 Å². The Labute approximate surface area is 148 Å². The molecule has 2 rings (SSSR count). The molecule has 0 aliphatic carbocycles. The summed E-state index contributed by atoms with van der Waals surface area (Å²) in [6.45, 7) is 4.31. The van der Waals surface area contributed by atoms with Gasteiger partial charge in [0.25, 0.3) is 5.91 Å². The van der Waals surface area contributed by atoms with E-state index in [9.17, 15) is 9.59 Å². The van der Waals surface area contributed by atoms with Crippen LogP contribution in [0.1, 0.15) is 48.1 Å². The number of amides is 1. The van der Waals surface area contributed by atoms with Crippen molar-refractivity contribution in [1.29, 1.82) is 0 Å². The van der Waals surface area contributed by atoms with Crippen molar-refractivity contribution in [2.24, 2.45) is 0 Å². The Balaban J connectivity index is 0.000000333. The molecule has 1 aromatic carbocycles. The minimum absolute atomic E-state index is 0.249. The second kappa shape index (κ2) is 11.6. The van der Waals surface area contributed by atoms with Gasteiger partial charge in [0.05, 0.1) is 0 Å². The lowest BCUT2D eigenvalue weighted by Crippen LogP contribution is -2.24. The summed E-state index contributed by atoms with van der Waals surface area (Å²) in [7, 11) is 3.71. The SMILES string of the molecule is CC1c2ccc(C(=O)NO)cc2OCCN1C.COCCCCC=O. The summed E-state index contributed by atoms with van der Waals surface area (Å²) in [5.41, 5.74) is 3.07. The molecule has 1 unspecified atom stereocenters. The topological polar surface area (TPSA) is 88.1 Å². The number of nitrogens with one attached hydrogen (secondary N) is 1. The van der Waals surface area contributed by atoms with Crippen molar-refractivity contribution in [3.8, 4) is 5.75 Å². The molecule has 140 valence electrons. The Morgan fingerprint density at radius 1 is 1.48 bits per heavy atom. The van der Waals surface area contributed by atoms with Crippen molar-refractivity contribution >= 4 is 12.2 Å². The first-order valence-electron chi connectivity index (χ1n) is 8.39. The molecule has 1 aliphatic heterocycles. The fourth-order valence-corrected chi connectivity index (χ4v) is 2.42. The van der Waals surface area contributed by atoms with Gasteiger partial charge in [0.2, 0.25) is 0 Å². The van der Waals surface area contributed by atoms with Crippen LogP contribution < -0.4 is 10.2 Å². The third-order valence-electron chi connectivity index (χ3n) is 4.11. The van der Waals surface area contributed by atoms with Crippen LogP contribution >= 0.6 is 0 Å². The Hall–Kier alpha value is -1.96. The second-order valence-electron chi connectivity index (χ2n) is 5.85. The van der Waals surface area contributed by atoms with Crippen molar-refractivity contribution in [2.75, 3.05) is 33.9 Å². The quantitative estimate of drug-likeness (QED) is 0.353.